The number of benzene rings is 8. The molecule has 0 fully saturated rings. The molecule has 0 N–H and O–H groups in total. The van der Waals surface area contributed by atoms with E-state index in [4.69, 9.17) is 9.15 Å². The first-order chi connectivity index (χ1) is 29.0. The van der Waals surface area contributed by atoms with Crippen LogP contribution in [0.5, 0.6) is 11.5 Å². The number of ether oxygens (including phenoxy) is 1. The summed E-state index contributed by atoms with van der Waals surface area (Å²) >= 11 is 0. The van der Waals surface area contributed by atoms with Gasteiger partial charge in [-0.15, -0.1) is 0 Å². The van der Waals surface area contributed by atoms with Gasteiger partial charge in [0, 0.05) is 38.4 Å². The maximum atomic E-state index is 7.08. The average Bonchev–Trinajstić information content (AvgIpc) is 3.80. The van der Waals surface area contributed by atoms with Crippen LogP contribution < -0.4 is 25.5 Å². The second-order valence-electron chi connectivity index (χ2n) is 18.5. The van der Waals surface area contributed by atoms with Crippen molar-refractivity contribution < 1.29 is 9.15 Å². The Labute approximate surface area is 352 Å². The lowest BCUT2D eigenvalue weighted by atomic mass is 9.85. The molecule has 3 heterocycles. The highest BCUT2D eigenvalue weighted by molar-refractivity contribution is 7.20. The van der Waals surface area contributed by atoms with Crippen molar-refractivity contribution in [1.82, 2.24) is 4.57 Å². The van der Waals surface area contributed by atoms with Crippen LogP contribution in [0.25, 0.3) is 60.6 Å². The number of aromatic nitrogens is 1. The Morgan fingerprint density at radius 1 is 0.450 bits per heavy atom. The molecule has 0 unspecified atom stereocenters. The highest BCUT2D eigenvalue weighted by atomic mass is 28.3. The summed E-state index contributed by atoms with van der Waals surface area (Å²) in [5, 5.41) is 9.89. The van der Waals surface area contributed by atoms with Crippen molar-refractivity contribution in [3.8, 4) is 28.3 Å². The van der Waals surface area contributed by atoms with Gasteiger partial charge in [-0.25, -0.2) is 0 Å². The quantitative estimate of drug-likeness (QED) is 0.166. The Kier molecular flexibility index (Phi) is 8.01. The molecule has 0 radical (unpaired) electrons. The first-order valence-electron chi connectivity index (χ1n) is 21.1. The van der Waals surface area contributed by atoms with Crippen LogP contribution in [0.4, 0.5) is 0 Å². The van der Waals surface area contributed by atoms with Crippen LogP contribution in [-0.4, -0.2) is 12.6 Å². The largest absolute Gasteiger partial charge is 0.457 e. The SMILES string of the molecule is CC(C)(C)c1ccc2c(c1)c1cc(C(C)(C)C)ccc1n2-c1ccc2oc3c(-c4cccc5c4Oc4ccccc4[Si]5(c4ccccc4)c4ccccc4)cccc3c2c1. The molecule has 4 heteroatoms. The maximum Gasteiger partial charge on any atom is 0.188 e. The second kappa shape index (κ2) is 13.2. The highest BCUT2D eigenvalue weighted by Crippen LogP contribution is 2.44. The summed E-state index contributed by atoms with van der Waals surface area (Å²) in [6, 6.07) is 64.7. The molecule has 10 aromatic rings. The van der Waals surface area contributed by atoms with Crippen molar-refractivity contribution in [3.63, 3.8) is 0 Å². The zero-order valence-electron chi connectivity index (χ0n) is 35.0. The zero-order valence-corrected chi connectivity index (χ0v) is 36.0. The molecule has 2 aromatic heterocycles. The van der Waals surface area contributed by atoms with Gasteiger partial charge in [-0.2, -0.15) is 0 Å². The lowest BCUT2D eigenvalue weighted by Gasteiger charge is -2.40. The smallest absolute Gasteiger partial charge is 0.188 e. The molecule has 0 atom stereocenters. The predicted octanol–water partition coefficient (Wildman–Crippen LogP) is 12.4. The van der Waals surface area contributed by atoms with E-state index < -0.39 is 8.07 Å². The van der Waals surface area contributed by atoms with Gasteiger partial charge in [0.05, 0.1) is 11.0 Å². The number of nitrogens with zero attached hydrogens (tertiary/aromatic N) is 1. The summed E-state index contributed by atoms with van der Waals surface area (Å²) in [6.45, 7) is 13.8. The van der Waals surface area contributed by atoms with Crippen molar-refractivity contribution in [1.29, 1.82) is 0 Å². The lowest BCUT2D eigenvalue weighted by molar-refractivity contribution is 0.489. The van der Waals surface area contributed by atoms with E-state index in [2.05, 4.69) is 222 Å². The van der Waals surface area contributed by atoms with E-state index in [1.54, 1.807) is 0 Å². The Morgan fingerprint density at radius 2 is 1.02 bits per heavy atom. The van der Waals surface area contributed by atoms with E-state index in [0.717, 1.165) is 50.3 Å². The molecule has 0 saturated carbocycles. The fourth-order valence-electron chi connectivity index (χ4n) is 9.81. The monoisotopic (exact) mass is 793 g/mol. The van der Waals surface area contributed by atoms with E-state index in [1.165, 1.54) is 53.7 Å². The summed E-state index contributed by atoms with van der Waals surface area (Å²) in [5.74, 6) is 1.81. The van der Waals surface area contributed by atoms with Gasteiger partial charge in [0.25, 0.3) is 0 Å². The molecule has 0 saturated heterocycles. The molecular formula is C56H47NO2Si. The van der Waals surface area contributed by atoms with E-state index >= 15 is 0 Å². The third-order valence-electron chi connectivity index (χ3n) is 12.9. The summed E-state index contributed by atoms with van der Waals surface area (Å²) in [4.78, 5) is 0. The van der Waals surface area contributed by atoms with Crippen molar-refractivity contribution in [3.05, 3.63) is 187 Å². The van der Waals surface area contributed by atoms with E-state index in [9.17, 15) is 0 Å². The zero-order chi connectivity index (χ0) is 41.0. The normalized spacial score (nSPS) is 13.8. The minimum absolute atomic E-state index is 0.0375. The summed E-state index contributed by atoms with van der Waals surface area (Å²) < 4.78 is 16.4. The van der Waals surface area contributed by atoms with Gasteiger partial charge < -0.3 is 13.7 Å². The van der Waals surface area contributed by atoms with Crippen LogP contribution in [0.3, 0.4) is 0 Å². The number of hydrogen-bond acceptors (Lipinski definition) is 2. The number of furan rings is 1. The first-order valence-corrected chi connectivity index (χ1v) is 23.1. The Hall–Kier alpha value is -6.62. The third kappa shape index (κ3) is 5.40. The molecule has 0 aliphatic carbocycles. The highest BCUT2D eigenvalue weighted by Gasteiger charge is 2.48. The molecule has 1 aliphatic rings. The molecule has 0 bridgehead atoms. The number of hydrogen-bond donors (Lipinski definition) is 0. The van der Waals surface area contributed by atoms with Gasteiger partial charge in [0.2, 0.25) is 0 Å². The van der Waals surface area contributed by atoms with Crippen LogP contribution >= 0.6 is 0 Å². The average molecular weight is 794 g/mol. The van der Waals surface area contributed by atoms with Gasteiger partial charge in [-0.1, -0.05) is 169 Å². The Morgan fingerprint density at radius 3 is 1.65 bits per heavy atom. The third-order valence-corrected chi connectivity index (χ3v) is 17.7. The van der Waals surface area contributed by atoms with Crippen LogP contribution in [0.2, 0.25) is 0 Å². The van der Waals surface area contributed by atoms with E-state index in [0.29, 0.717) is 0 Å². The number of para-hydroxylation sites is 3. The maximum absolute atomic E-state index is 7.08. The summed E-state index contributed by atoms with van der Waals surface area (Å²) in [7, 11) is -2.81. The molecular weight excluding hydrogens is 747 g/mol. The Bertz CT molecular complexity index is 3190. The molecule has 8 aromatic carbocycles. The molecule has 11 rings (SSSR count). The van der Waals surface area contributed by atoms with Gasteiger partial charge >= 0.3 is 0 Å². The number of fused-ring (bicyclic) bond motifs is 8. The van der Waals surface area contributed by atoms with Crippen molar-refractivity contribution in [2.45, 2.75) is 52.4 Å². The standard InChI is InChI=1S/C56H47NO2Si/c1-55(2,3)36-27-30-47-44(33-36)45-34-37(56(4,5)6)28-31-48(45)57(47)38-29-32-49-46(35-38)43-22-15-21-41(53(43)58-49)42-23-16-26-52-54(42)59-50-24-13-14-25-51(50)60(52,39-17-9-7-10-18-39)40-19-11-8-12-20-40/h7-35H,1-6H3. The van der Waals surface area contributed by atoms with E-state index in [-0.39, 0.29) is 10.8 Å². The molecule has 0 spiro atoms. The minimum atomic E-state index is -2.81. The van der Waals surface area contributed by atoms with Crippen LogP contribution in [0.15, 0.2) is 180 Å². The lowest BCUT2D eigenvalue weighted by Crippen LogP contribution is -2.76. The van der Waals surface area contributed by atoms with Crippen LogP contribution in [-0.2, 0) is 10.8 Å². The fraction of sp³-hybridized carbons (Fsp3) is 0.143. The number of rotatable bonds is 4. The molecule has 3 nitrogen and oxygen atoms in total. The van der Waals surface area contributed by atoms with Crippen LogP contribution in [0, 0.1) is 0 Å². The van der Waals surface area contributed by atoms with Gasteiger partial charge in [0.1, 0.15) is 22.7 Å². The topological polar surface area (TPSA) is 27.3 Å². The Balaban J connectivity index is 1.13. The second-order valence-corrected chi connectivity index (χ2v) is 22.3. The van der Waals surface area contributed by atoms with E-state index in [1.807, 2.05) is 0 Å². The summed E-state index contributed by atoms with van der Waals surface area (Å²) in [5.41, 5.74) is 10.0. The van der Waals surface area contributed by atoms with Crippen LogP contribution in [0.1, 0.15) is 52.7 Å². The molecule has 0 amide bonds. The molecule has 1 aliphatic heterocycles. The predicted molar refractivity (Wildman–Crippen MR) is 255 cm³/mol. The van der Waals surface area contributed by atoms with Gasteiger partial charge in [0.15, 0.2) is 8.07 Å². The van der Waals surface area contributed by atoms with Crippen molar-refractivity contribution >= 4 is 72.6 Å². The first kappa shape index (κ1) is 36.5. The van der Waals surface area contributed by atoms with Gasteiger partial charge in [-0.3, -0.25) is 0 Å². The van der Waals surface area contributed by atoms with Gasteiger partial charge in [-0.05, 0) is 91.2 Å². The molecule has 60 heavy (non-hydrogen) atoms. The minimum Gasteiger partial charge on any atom is -0.457 e. The van der Waals surface area contributed by atoms with Crippen molar-refractivity contribution in [2.24, 2.45) is 0 Å². The fourth-order valence-corrected chi connectivity index (χ4v) is 14.8. The molecule has 292 valence electrons. The summed E-state index contributed by atoms with van der Waals surface area (Å²) in [6.07, 6.45) is 0. The van der Waals surface area contributed by atoms with Crippen molar-refractivity contribution in [2.75, 3.05) is 0 Å².